The van der Waals surface area contributed by atoms with E-state index in [-0.39, 0.29) is 0 Å². The Hall–Kier alpha value is -2.47. The molecule has 1 heterocycles. The minimum atomic E-state index is 0.512. The second-order valence-electron chi connectivity index (χ2n) is 6.70. The zero-order valence-corrected chi connectivity index (χ0v) is 15.9. The number of nitrogens with zero attached hydrogens (tertiary/aromatic N) is 1. The number of guanidine groups is 1. The second-order valence-corrected chi connectivity index (χ2v) is 6.70. The topological polar surface area (TPSA) is 68.0 Å². The Balaban J connectivity index is 1.32. The van der Waals surface area contributed by atoms with Gasteiger partial charge in [-0.15, -0.1) is 0 Å². The molecule has 146 valence electrons. The Bertz CT molecular complexity index is 696. The van der Waals surface area contributed by atoms with E-state index in [1.165, 1.54) is 12.8 Å². The van der Waals surface area contributed by atoms with Gasteiger partial charge in [0.05, 0.1) is 12.9 Å². The third-order valence-corrected chi connectivity index (χ3v) is 4.40. The molecule has 1 aromatic heterocycles. The molecule has 1 aromatic carbocycles. The Morgan fingerprint density at radius 3 is 2.85 bits per heavy atom. The number of furan rings is 1. The maximum absolute atomic E-state index is 5.96. The van der Waals surface area contributed by atoms with Crippen LogP contribution in [0.3, 0.4) is 0 Å². The van der Waals surface area contributed by atoms with Crippen molar-refractivity contribution < 1.29 is 13.9 Å². The first kappa shape index (κ1) is 19.3. The number of hydrogen-bond donors (Lipinski definition) is 2. The van der Waals surface area contributed by atoms with Crippen molar-refractivity contribution in [2.45, 2.75) is 32.4 Å². The number of benzene rings is 1. The molecule has 1 aliphatic carbocycles. The van der Waals surface area contributed by atoms with E-state index >= 15 is 0 Å². The Morgan fingerprint density at radius 1 is 1.19 bits per heavy atom. The number of hydrogen-bond acceptors (Lipinski definition) is 4. The van der Waals surface area contributed by atoms with Crippen molar-refractivity contribution in [3.8, 4) is 5.75 Å². The molecule has 1 fully saturated rings. The Morgan fingerprint density at radius 2 is 2.07 bits per heavy atom. The van der Waals surface area contributed by atoms with Crippen LogP contribution in [0.5, 0.6) is 5.75 Å². The van der Waals surface area contributed by atoms with E-state index < -0.39 is 0 Å². The number of nitrogens with one attached hydrogen (secondary N) is 2. The van der Waals surface area contributed by atoms with E-state index in [1.54, 1.807) is 13.3 Å². The van der Waals surface area contributed by atoms with E-state index in [0.717, 1.165) is 48.5 Å². The maximum Gasteiger partial charge on any atom is 0.191 e. The average Bonchev–Trinajstić information content (AvgIpc) is 3.39. The van der Waals surface area contributed by atoms with Gasteiger partial charge in [0.15, 0.2) is 5.96 Å². The predicted molar refractivity (Wildman–Crippen MR) is 106 cm³/mol. The molecule has 1 saturated carbocycles. The van der Waals surface area contributed by atoms with Crippen molar-refractivity contribution in [3.05, 3.63) is 54.0 Å². The van der Waals surface area contributed by atoms with Gasteiger partial charge < -0.3 is 24.5 Å². The van der Waals surface area contributed by atoms with Crippen LogP contribution in [0, 0.1) is 5.92 Å². The molecule has 0 unspecified atom stereocenters. The zero-order valence-electron chi connectivity index (χ0n) is 15.9. The number of rotatable bonds is 11. The number of ether oxygens (including phenoxy) is 2. The second kappa shape index (κ2) is 10.6. The van der Waals surface area contributed by atoms with Gasteiger partial charge >= 0.3 is 0 Å². The molecular weight excluding hydrogens is 342 g/mol. The summed E-state index contributed by atoms with van der Waals surface area (Å²) in [4.78, 5) is 4.27. The summed E-state index contributed by atoms with van der Waals surface area (Å²) in [6.45, 7) is 3.47. The van der Waals surface area contributed by atoms with Crippen LogP contribution in [0.15, 0.2) is 52.1 Å². The standard InChI is InChI=1S/C21H29N3O3/c1-22-21(23-11-5-12-25-16-19-7-4-13-26-19)24-14-18-6-2-3-8-20(18)27-15-17-9-10-17/h2-4,6-8,13,17H,5,9-12,14-16H2,1H3,(H2,22,23,24). The van der Waals surface area contributed by atoms with E-state index in [9.17, 15) is 0 Å². The zero-order chi connectivity index (χ0) is 18.7. The van der Waals surface area contributed by atoms with Gasteiger partial charge in [-0.2, -0.15) is 0 Å². The van der Waals surface area contributed by atoms with Gasteiger partial charge in [-0.25, -0.2) is 0 Å². The third kappa shape index (κ3) is 6.98. The molecule has 2 aromatic rings. The largest absolute Gasteiger partial charge is 0.493 e. The molecule has 0 bridgehead atoms. The summed E-state index contributed by atoms with van der Waals surface area (Å²) in [7, 11) is 1.78. The van der Waals surface area contributed by atoms with Crippen molar-refractivity contribution in [3.63, 3.8) is 0 Å². The van der Waals surface area contributed by atoms with E-state index in [0.29, 0.717) is 19.8 Å². The van der Waals surface area contributed by atoms with Crippen LogP contribution in [0.4, 0.5) is 0 Å². The fourth-order valence-electron chi connectivity index (χ4n) is 2.63. The molecular formula is C21H29N3O3. The minimum absolute atomic E-state index is 0.512. The van der Waals surface area contributed by atoms with Crippen molar-refractivity contribution in [2.75, 3.05) is 26.8 Å². The van der Waals surface area contributed by atoms with Crippen LogP contribution in [-0.2, 0) is 17.9 Å². The van der Waals surface area contributed by atoms with E-state index in [4.69, 9.17) is 13.9 Å². The lowest BCUT2D eigenvalue weighted by atomic mass is 10.2. The van der Waals surface area contributed by atoms with Crippen molar-refractivity contribution in [1.82, 2.24) is 10.6 Å². The molecule has 1 aliphatic rings. The molecule has 0 saturated heterocycles. The summed E-state index contributed by atoms with van der Waals surface area (Å²) in [6.07, 6.45) is 5.14. The molecule has 0 amide bonds. The summed E-state index contributed by atoms with van der Waals surface area (Å²) >= 11 is 0. The van der Waals surface area contributed by atoms with Gasteiger partial charge in [0, 0.05) is 32.3 Å². The normalized spacial score (nSPS) is 14.2. The molecule has 6 nitrogen and oxygen atoms in total. The van der Waals surface area contributed by atoms with Crippen LogP contribution in [0.1, 0.15) is 30.6 Å². The molecule has 2 N–H and O–H groups in total. The highest BCUT2D eigenvalue weighted by Crippen LogP contribution is 2.30. The summed E-state index contributed by atoms with van der Waals surface area (Å²) < 4.78 is 16.8. The van der Waals surface area contributed by atoms with E-state index in [1.807, 2.05) is 30.3 Å². The van der Waals surface area contributed by atoms with Crippen LogP contribution in [-0.4, -0.2) is 32.8 Å². The minimum Gasteiger partial charge on any atom is -0.493 e. The maximum atomic E-state index is 5.96. The van der Waals surface area contributed by atoms with Gasteiger partial charge in [0.25, 0.3) is 0 Å². The van der Waals surface area contributed by atoms with Crippen LogP contribution >= 0.6 is 0 Å². The first-order valence-corrected chi connectivity index (χ1v) is 9.60. The van der Waals surface area contributed by atoms with Crippen LogP contribution < -0.4 is 15.4 Å². The number of para-hydroxylation sites is 1. The van der Waals surface area contributed by atoms with Crippen molar-refractivity contribution in [1.29, 1.82) is 0 Å². The SMILES string of the molecule is CN=C(NCCCOCc1ccco1)NCc1ccccc1OCC1CC1. The van der Waals surface area contributed by atoms with Gasteiger partial charge in [-0.1, -0.05) is 18.2 Å². The van der Waals surface area contributed by atoms with Gasteiger partial charge in [-0.05, 0) is 43.4 Å². The molecule has 0 spiro atoms. The molecule has 3 rings (SSSR count). The lowest BCUT2D eigenvalue weighted by Gasteiger charge is -2.15. The molecule has 6 heteroatoms. The van der Waals surface area contributed by atoms with Crippen LogP contribution in [0.25, 0.3) is 0 Å². The lowest BCUT2D eigenvalue weighted by Crippen LogP contribution is -2.37. The quantitative estimate of drug-likeness (QED) is 0.360. The van der Waals surface area contributed by atoms with Crippen LogP contribution in [0.2, 0.25) is 0 Å². The van der Waals surface area contributed by atoms with Gasteiger partial charge in [-0.3, -0.25) is 4.99 Å². The highest BCUT2D eigenvalue weighted by molar-refractivity contribution is 5.79. The smallest absolute Gasteiger partial charge is 0.191 e. The fourth-order valence-corrected chi connectivity index (χ4v) is 2.63. The summed E-state index contributed by atoms with van der Waals surface area (Å²) in [6, 6.07) is 12.0. The highest BCUT2D eigenvalue weighted by atomic mass is 16.5. The summed E-state index contributed by atoms with van der Waals surface area (Å²) in [5, 5.41) is 6.65. The average molecular weight is 371 g/mol. The summed E-state index contributed by atoms with van der Waals surface area (Å²) in [5.74, 6) is 3.33. The molecule has 0 atom stereocenters. The molecule has 0 radical (unpaired) electrons. The Labute approximate surface area is 161 Å². The number of aliphatic imine (C=N–C) groups is 1. The van der Waals surface area contributed by atoms with Gasteiger partial charge in [0.1, 0.15) is 18.1 Å². The highest BCUT2D eigenvalue weighted by Gasteiger charge is 2.22. The molecule has 0 aliphatic heterocycles. The summed E-state index contributed by atoms with van der Waals surface area (Å²) in [5.41, 5.74) is 1.14. The van der Waals surface area contributed by atoms with Gasteiger partial charge in [0.2, 0.25) is 0 Å². The van der Waals surface area contributed by atoms with Crippen molar-refractivity contribution >= 4 is 5.96 Å². The first-order chi connectivity index (χ1) is 13.3. The third-order valence-electron chi connectivity index (χ3n) is 4.40. The predicted octanol–water partition coefficient (Wildman–Crippen LogP) is 3.34. The lowest BCUT2D eigenvalue weighted by molar-refractivity contribution is 0.105. The first-order valence-electron chi connectivity index (χ1n) is 9.60. The molecule has 27 heavy (non-hydrogen) atoms. The monoisotopic (exact) mass is 371 g/mol. The van der Waals surface area contributed by atoms with Crippen molar-refractivity contribution in [2.24, 2.45) is 10.9 Å². The van der Waals surface area contributed by atoms with E-state index in [2.05, 4.69) is 21.7 Å². The Kier molecular flexibility index (Phi) is 7.59. The fraction of sp³-hybridized carbons (Fsp3) is 0.476.